The number of benzene rings is 2. The van der Waals surface area contributed by atoms with Crippen LogP contribution in [0.3, 0.4) is 0 Å². The van der Waals surface area contributed by atoms with Crippen molar-refractivity contribution in [2.45, 2.75) is 72.6 Å². The fraction of sp³-hybridized carbons (Fsp3) is 0.571. The van der Waals surface area contributed by atoms with E-state index in [2.05, 4.69) is 11.0 Å². The lowest BCUT2D eigenvalue weighted by atomic mass is 9.46. The lowest BCUT2D eigenvalue weighted by Crippen LogP contribution is -2.74. The van der Waals surface area contributed by atoms with Gasteiger partial charge in [-0.1, -0.05) is 24.3 Å². The molecular weight excluding hydrogens is 460 g/mol. The van der Waals surface area contributed by atoms with Crippen molar-refractivity contribution in [3.05, 3.63) is 59.7 Å². The van der Waals surface area contributed by atoms with Crippen LogP contribution in [0.1, 0.15) is 43.2 Å². The molecule has 6 atom stereocenters. The van der Waals surface area contributed by atoms with E-state index in [9.17, 15) is 13.5 Å². The topological polar surface area (TPSA) is 70.1 Å². The Kier molecular flexibility index (Phi) is 4.17. The van der Waals surface area contributed by atoms with Crippen molar-refractivity contribution < 1.29 is 18.3 Å². The van der Waals surface area contributed by atoms with Gasteiger partial charge in [-0.25, -0.2) is 8.42 Å². The van der Waals surface area contributed by atoms with Crippen LogP contribution in [0.25, 0.3) is 0 Å². The van der Waals surface area contributed by atoms with Gasteiger partial charge in [0.05, 0.1) is 16.6 Å². The molecule has 2 aromatic rings. The van der Waals surface area contributed by atoms with Gasteiger partial charge in [-0.2, -0.15) is 4.31 Å². The predicted octanol–water partition coefficient (Wildman–Crippen LogP) is 3.29. The summed E-state index contributed by atoms with van der Waals surface area (Å²) in [5, 5.41) is 10.6. The molecule has 0 spiro atoms. The van der Waals surface area contributed by atoms with Gasteiger partial charge in [-0.15, -0.1) is 0 Å². The summed E-state index contributed by atoms with van der Waals surface area (Å²) in [5.74, 6) is 1.25. The second kappa shape index (κ2) is 6.88. The molecule has 184 valence electrons. The van der Waals surface area contributed by atoms with E-state index in [1.54, 1.807) is 28.6 Å². The third-order valence-corrected chi connectivity index (χ3v) is 12.2. The van der Waals surface area contributed by atoms with Crippen molar-refractivity contribution in [2.75, 3.05) is 19.6 Å². The normalized spacial score (nSPS) is 39.9. The summed E-state index contributed by atoms with van der Waals surface area (Å²) in [6.45, 7) is 2.62. The summed E-state index contributed by atoms with van der Waals surface area (Å²) in [5.41, 5.74) is 2.03. The van der Waals surface area contributed by atoms with E-state index in [4.69, 9.17) is 4.74 Å². The molecule has 6 aliphatic rings. The van der Waals surface area contributed by atoms with Crippen LogP contribution in [-0.2, 0) is 26.6 Å². The summed E-state index contributed by atoms with van der Waals surface area (Å²) in [6, 6.07) is 15.0. The minimum Gasteiger partial charge on any atom is -0.508 e. The van der Waals surface area contributed by atoms with Crippen LogP contribution in [0.4, 0.5) is 0 Å². The maximum Gasteiger partial charge on any atom is 0.243 e. The zero-order valence-corrected chi connectivity index (χ0v) is 20.7. The van der Waals surface area contributed by atoms with E-state index < -0.39 is 10.0 Å². The molecule has 6 nitrogen and oxygen atoms in total. The minimum absolute atomic E-state index is 0.0650. The molecule has 35 heavy (non-hydrogen) atoms. The fourth-order valence-corrected chi connectivity index (χ4v) is 10.7. The van der Waals surface area contributed by atoms with Gasteiger partial charge in [0.1, 0.15) is 5.75 Å². The number of nitrogens with zero attached hydrogens (tertiary/aromatic N) is 2. The molecule has 0 amide bonds. The van der Waals surface area contributed by atoms with Crippen LogP contribution in [0.15, 0.2) is 53.4 Å². The third kappa shape index (κ3) is 2.58. The number of hydrogen-bond donors (Lipinski definition) is 1. The average Bonchev–Trinajstić information content (AvgIpc) is 3.54. The van der Waals surface area contributed by atoms with E-state index in [0.29, 0.717) is 23.2 Å². The van der Waals surface area contributed by atoms with Gasteiger partial charge in [0, 0.05) is 36.5 Å². The molecule has 8 rings (SSSR count). The molecule has 3 saturated heterocycles. The molecule has 1 N–H and O–H groups in total. The number of likely N-dealkylation sites (tertiary alicyclic amines) is 1. The average molecular weight is 493 g/mol. The maximum atomic E-state index is 13.8. The number of hydrogen-bond acceptors (Lipinski definition) is 5. The number of rotatable bonds is 4. The van der Waals surface area contributed by atoms with E-state index >= 15 is 0 Å². The van der Waals surface area contributed by atoms with Crippen molar-refractivity contribution in [1.29, 1.82) is 0 Å². The standard InChI is InChI=1S/C28H32N2O4S/c31-20-9-8-19-14-25-28-11-10-23-26(27(28,22(19)15-20)12-13-29(25)16-18-6-7-18)24(34-28)17-30(23)35(32,33)21-4-2-1-3-5-21/h1-5,8-9,15,18,23-26,31H,6-7,10-14,16-17H2/t23-,24-,25-,26+,27+,28-/m1/s1. The summed E-state index contributed by atoms with van der Waals surface area (Å²) >= 11 is 0. The van der Waals surface area contributed by atoms with Crippen LogP contribution in [0.5, 0.6) is 5.75 Å². The van der Waals surface area contributed by atoms with Gasteiger partial charge in [0.2, 0.25) is 10.0 Å². The molecule has 0 unspecified atom stereocenters. The highest BCUT2D eigenvalue weighted by Gasteiger charge is 2.78. The Bertz CT molecular complexity index is 1310. The minimum atomic E-state index is -3.60. The first-order valence-corrected chi connectivity index (χ1v) is 14.7. The second-order valence-corrected chi connectivity index (χ2v) is 13.7. The van der Waals surface area contributed by atoms with Crippen LogP contribution in [0, 0.1) is 11.8 Å². The van der Waals surface area contributed by atoms with Crippen molar-refractivity contribution >= 4 is 10.0 Å². The highest BCUT2D eigenvalue weighted by molar-refractivity contribution is 7.89. The monoisotopic (exact) mass is 492 g/mol. The Hall–Kier alpha value is -1.93. The molecule has 4 bridgehead atoms. The number of phenolic OH excluding ortho intramolecular Hbond substituents is 1. The number of fused-ring (bicyclic) bond motifs is 1. The lowest BCUT2D eigenvalue weighted by Gasteiger charge is -2.64. The van der Waals surface area contributed by atoms with E-state index in [0.717, 1.165) is 44.7 Å². The molecule has 0 aromatic heterocycles. The van der Waals surface area contributed by atoms with Gasteiger partial charge < -0.3 is 9.84 Å². The van der Waals surface area contributed by atoms with Crippen LogP contribution < -0.4 is 0 Å². The van der Waals surface area contributed by atoms with Crippen molar-refractivity contribution in [1.82, 2.24) is 9.21 Å². The van der Waals surface area contributed by atoms with E-state index in [-0.39, 0.29) is 29.1 Å². The quantitative estimate of drug-likeness (QED) is 0.709. The van der Waals surface area contributed by atoms with E-state index in [1.165, 1.54) is 24.0 Å². The van der Waals surface area contributed by atoms with Crippen LogP contribution in [0.2, 0.25) is 0 Å². The Morgan fingerprint density at radius 2 is 1.89 bits per heavy atom. The van der Waals surface area contributed by atoms with Crippen LogP contribution in [-0.4, -0.2) is 66.2 Å². The zero-order chi connectivity index (χ0) is 23.6. The largest absolute Gasteiger partial charge is 0.508 e. The van der Waals surface area contributed by atoms with Crippen molar-refractivity contribution in [3.8, 4) is 5.75 Å². The Balaban J connectivity index is 1.27. The Morgan fingerprint density at radius 1 is 1.06 bits per heavy atom. The number of sulfonamides is 1. The first kappa shape index (κ1) is 21.2. The van der Waals surface area contributed by atoms with E-state index in [1.807, 2.05) is 18.2 Å². The number of phenols is 1. The summed E-state index contributed by atoms with van der Waals surface area (Å²) < 4.78 is 36.5. The van der Waals surface area contributed by atoms with Gasteiger partial charge in [0.25, 0.3) is 0 Å². The summed E-state index contributed by atoms with van der Waals surface area (Å²) in [7, 11) is -3.60. The first-order valence-electron chi connectivity index (χ1n) is 13.3. The molecule has 5 fully saturated rings. The van der Waals surface area contributed by atoms with Gasteiger partial charge in [0.15, 0.2) is 0 Å². The molecule has 3 heterocycles. The second-order valence-electron chi connectivity index (χ2n) is 11.8. The molecule has 7 heteroatoms. The summed E-state index contributed by atoms with van der Waals surface area (Å²) in [4.78, 5) is 3.08. The van der Waals surface area contributed by atoms with Crippen molar-refractivity contribution in [3.63, 3.8) is 0 Å². The van der Waals surface area contributed by atoms with Gasteiger partial charge >= 0.3 is 0 Å². The number of aromatic hydroxyl groups is 1. The Morgan fingerprint density at radius 3 is 2.69 bits per heavy atom. The third-order valence-electron chi connectivity index (χ3n) is 10.3. The molecular formula is C28H32N2O4S. The van der Waals surface area contributed by atoms with Gasteiger partial charge in [-0.3, -0.25) is 4.90 Å². The smallest absolute Gasteiger partial charge is 0.243 e. The first-order chi connectivity index (χ1) is 16.9. The lowest BCUT2D eigenvalue weighted by molar-refractivity contribution is -0.169. The highest BCUT2D eigenvalue weighted by Crippen LogP contribution is 2.70. The number of piperidine rings is 1. The van der Waals surface area contributed by atoms with Gasteiger partial charge in [-0.05, 0) is 86.4 Å². The molecule has 0 radical (unpaired) electrons. The SMILES string of the molecule is O=S(=O)(c1ccccc1)N1C[C@H]2O[C@@]34CC[C@@H]1[C@@H]2[C@@]31CCN(CC2CC2)[C@@H]4Cc2ccc(O)cc21. The Labute approximate surface area is 206 Å². The zero-order valence-electron chi connectivity index (χ0n) is 19.8. The van der Waals surface area contributed by atoms with Crippen LogP contribution >= 0.6 is 0 Å². The fourth-order valence-electron chi connectivity index (χ4n) is 8.98. The summed E-state index contributed by atoms with van der Waals surface area (Å²) in [6.07, 6.45) is 6.24. The maximum absolute atomic E-state index is 13.8. The van der Waals surface area contributed by atoms with Crippen molar-refractivity contribution in [2.24, 2.45) is 11.8 Å². The number of ether oxygens (including phenoxy) is 1. The molecule has 2 aromatic carbocycles. The molecule has 3 aliphatic carbocycles. The molecule has 3 aliphatic heterocycles. The predicted molar refractivity (Wildman–Crippen MR) is 131 cm³/mol. The molecule has 2 saturated carbocycles. The highest BCUT2D eigenvalue weighted by atomic mass is 32.2.